The third-order valence-corrected chi connectivity index (χ3v) is 5.00. The van der Waals surface area contributed by atoms with Crippen LogP contribution in [0.1, 0.15) is 16.0 Å². The van der Waals surface area contributed by atoms with E-state index in [-0.39, 0.29) is 6.03 Å². The second-order valence-corrected chi connectivity index (χ2v) is 6.84. The lowest BCUT2D eigenvalue weighted by Crippen LogP contribution is -2.37. The zero-order valence-corrected chi connectivity index (χ0v) is 14.8. The molecule has 1 aromatic carbocycles. The Morgan fingerprint density at radius 3 is 2.79 bits per heavy atom. The molecule has 1 aliphatic heterocycles. The molecule has 128 valence electrons. The Morgan fingerprint density at radius 2 is 2.04 bits per heavy atom. The van der Waals surface area contributed by atoms with Gasteiger partial charge in [-0.05, 0) is 48.1 Å². The van der Waals surface area contributed by atoms with E-state index in [0.29, 0.717) is 26.3 Å². The monoisotopic (exact) mass is 346 g/mol. The Bertz CT molecular complexity index is 714. The van der Waals surface area contributed by atoms with Gasteiger partial charge in [0.15, 0.2) is 11.5 Å². The molecule has 1 aliphatic rings. The number of hydrogen-bond acceptors (Lipinski definition) is 4. The first kappa shape index (κ1) is 16.6. The number of thiophene rings is 1. The molecule has 0 radical (unpaired) electrons. The number of rotatable bonds is 5. The van der Waals surface area contributed by atoms with Gasteiger partial charge in [0.1, 0.15) is 13.2 Å². The Hall–Kier alpha value is -2.21. The summed E-state index contributed by atoms with van der Waals surface area (Å²) in [5, 5.41) is 5.02. The fraction of sp³-hybridized carbons (Fsp3) is 0.389. The molecule has 0 fully saturated rings. The van der Waals surface area contributed by atoms with Crippen LogP contribution >= 0.6 is 11.3 Å². The minimum Gasteiger partial charge on any atom is -0.486 e. The first-order chi connectivity index (χ1) is 11.6. The van der Waals surface area contributed by atoms with Crippen molar-refractivity contribution in [2.45, 2.75) is 19.9 Å². The highest BCUT2D eigenvalue weighted by atomic mass is 32.1. The molecule has 0 atom stereocenters. The molecule has 1 N–H and O–H groups in total. The Morgan fingerprint density at radius 1 is 1.25 bits per heavy atom. The highest BCUT2D eigenvalue weighted by Gasteiger charge is 2.13. The lowest BCUT2D eigenvalue weighted by Gasteiger charge is -2.19. The molecule has 1 aromatic heterocycles. The van der Waals surface area contributed by atoms with E-state index in [1.165, 1.54) is 10.4 Å². The number of carbonyl (C=O) groups excluding carboxylic acids is 1. The van der Waals surface area contributed by atoms with Gasteiger partial charge in [-0.25, -0.2) is 4.79 Å². The molecule has 0 unspecified atom stereocenters. The Labute approximate surface area is 146 Å². The molecule has 3 rings (SSSR count). The summed E-state index contributed by atoms with van der Waals surface area (Å²) in [6.45, 7) is 4.48. The van der Waals surface area contributed by atoms with E-state index in [1.54, 1.807) is 16.2 Å². The van der Waals surface area contributed by atoms with Gasteiger partial charge >= 0.3 is 6.03 Å². The average molecular weight is 346 g/mol. The van der Waals surface area contributed by atoms with Gasteiger partial charge in [-0.3, -0.25) is 0 Å². The van der Waals surface area contributed by atoms with Crippen molar-refractivity contribution < 1.29 is 14.3 Å². The van der Waals surface area contributed by atoms with Crippen molar-refractivity contribution in [2.75, 3.05) is 26.8 Å². The second kappa shape index (κ2) is 7.57. The maximum absolute atomic E-state index is 12.2. The Kier molecular flexibility index (Phi) is 5.25. The predicted molar refractivity (Wildman–Crippen MR) is 95.1 cm³/mol. The van der Waals surface area contributed by atoms with Gasteiger partial charge in [0.2, 0.25) is 0 Å². The summed E-state index contributed by atoms with van der Waals surface area (Å²) in [5.74, 6) is 1.58. The minimum atomic E-state index is -0.0552. The van der Waals surface area contributed by atoms with Crippen molar-refractivity contribution >= 4 is 17.4 Å². The highest BCUT2D eigenvalue weighted by Crippen LogP contribution is 2.30. The van der Waals surface area contributed by atoms with Crippen LogP contribution in [0, 0.1) is 6.92 Å². The number of fused-ring (bicyclic) bond motifs is 1. The molecule has 5 nitrogen and oxygen atoms in total. The van der Waals surface area contributed by atoms with Crippen LogP contribution in [0.4, 0.5) is 4.79 Å². The number of aryl methyl sites for hydroxylation is 1. The van der Waals surface area contributed by atoms with Crippen LogP contribution in [-0.4, -0.2) is 37.7 Å². The predicted octanol–water partition coefficient (Wildman–Crippen LogP) is 3.21. The van der Waals surface area contributed by atoms with Crippen LogP contribution in [0.15, 0.2) is 29.6 Å². The third-order valence-electron chi connectivity index (χ3n) is 3.99. The minimum absolute atomic E-state index is 0.0552. The molecule has 0 saturated heterocycles. The van der Waals surface area contributed by atoms with Crippen LogP contribution in [0.2, 0.25) is 0 Å². The molecule has 2 aromatic rings. The van der Waals surface area contributed by atoms with Gasteiger partial charge in [0, 0.05) is 18.5 Å². The van der Waals surface area contributed by atoms with Crippen LogP contribution in [0.25, 0.3) is 0 Å². The van der Waals surface area contributed by atoms with Gasteiger partial charge in [-0.2, -0.15) is 0 Å². The molecule has 0 saturated carbocycles. The highest BCUT2D eigenvalue weighted by molar-refractivity contribution is 7.10. The van der Waals surface area contributed by atoms with Crippen molar-refractivity contribution in [2.24, 2.45) is 0 Å². The number of nitrogens with zero attached hydrogens (tertiary/aromatic N) is 1. The van der Waals surface area contributed by atoms with Crippen LogP contribution in [-0.2, 0) is 13.0 Å². The fourth-order valence-electron chi connectivity index (χ4n) is 2.55. The molecular weight excluding hydrogens is 324 g/mol. The zero-order valence-electron chi connectivity index (χ0n) is 14.0. The van der Waals surface area contributed by atoms with Crippen molar-refractivity contribution in [1.82, 2.24) is 10.2 Å². The first-order valence-corrected chi connectivity index (χ1v) is 8.92. The van der Waals surface area contributed by atoms with Gasteiger partial charge < -0.3 is 19.7 Å². The number of benzene rings is 1. The smallest absolute Gasteiger partial charge is 0.317 e. The van der Waals surface area contributed by atoms with Gasteiger partial charge in [0.25, 0.3) is 0 Å². The van der Waals surface area contributed by atoms with Crippen molar-refractivity contribution in [3.05, 3.63) is 45.6 Å². The van der Waals surface area contributed by atoms with E-state index in [4.69, 9.17) is 9.47 Å². The fourth-order valence-corrected chi connectivity index (χ4v) is 3.50. The third kappa shape index (κ3) is 4.00. The summed E-state index contributed by atoms with van der Waals surface area (Å²) in [5.41, 5.74) is 2.35. The van der Waals surface area contributed by atoms with Crippen LogP contribution < -0.4 is 14.8 Å². The summed E-state index contributed by atoms with van der Waals surface area (Å²) in [6.07, 6.45) is 0.758. The molecule has 2 heterocycles. The van der Waals surface area contributed by atoms with E-state index in [2.05, 4.69) is 23.7 Å². The molecule has 0 bridgehead atoms. The van der Waals surface area contributed by atoms with E-state index >= 15 is 0 Å². The van der Waals surface area contributed by atoms with Crippen molar-refractivity contribution in [1.29, 1.82) is 0 Å². The maximum atomic E-state index is 12.2. The van der Waals surface area contributed by atoms with Gasteiger partial charge in [-0.15, -0.1) is 11.3 Å². The SMILES string of the molecule is Cc1ccsc1CN(C)C(=O)NCCc1ccc2c(c1)OCCO2. The summed E-state index contributed by atoms with van der Waals surface area (Å²) >= 11 is 1.68. The van der Waals surface area contributed by atoms with Crippen LogP contribution in [0.3, 0.4) is 0 Å². The van der Waals surface area contributed by atoms with E-state index < -0.39 is 0 Å². The molecule has 0 aliphatic carbocycles. The summed E-state index contributed by atoms with van der Waals surface area (Å²) in [6, 6.07) is 7.95. The first-order valence-electron chi connectivity index (χ1n) is 8.04. The maximum Gasteiger partial charge on any atom is 0.317 e. The van der Waals surface area contributed by atoms with E-state index in [0.717, 1.165) is 23.5 Å². The van der Waals surface area contributed by atoms with Crippen molar-refractivity contribution in [3.8, 4) is 11.5 Å². The Balaban J connectivity index is 1.47. The summed E-state index contributed by atoms with van der Waals surface area (Å²) in [4.78, 5) is 15.1. The van der Waals surface area contributed by atoms with E-state index in [1.807, 2.05) is 25.2 Å². The second-order valence-electron chi connectivity index (χ2n) is 5.84. The lowest BCUT2D eigenvalue weighted by atomic mass is 10.1. The zero-order chi connectivity index (χ0) is 16.9. The topological polar surface area (TPSA) is 50.8 Å². The normalized spacial score (nSPS) is 12.8. The van der Waals surface area contributed by atoms with E-state index in [9.17, 15) is 4.79 Å². The number of nitrogens with one attached hydrogen (secondary N) is 1. The molecule has 6 heteroatoms. The summed E-state index contributed by atoms with van der Waals surface area (Å²) in [7, 11) is 1.82. The number of carbonyl (C=O) groups is 1. The summed E-state index contributed by atoms with van der Waals surface area (Å²) < 4.78 is 11.1. The van der Waals surface area contributed by atoms with Gasteiger partial charge in [-0.1, -0.05) is 6.07 Å². The number of urea groups is 1. The quantitative estimate of drug-likeness (QED) is 0.904. The number of ether oxygens (including phenoxy) is 2. The van der Waals surface area contributed by atoms with Gasteiger partial charge in [0.05, 0.1) is 6.54 Å². The molecular formula is C18H22N2O3S. The molecule has 0 spiro atoms. The largest absolute Gasteiger partial charge is 0.486 e. The number of hydrogen-bond donors (Lipinski definition) is 1. The average Bonchev–Trinajstić information content (AvgIpc) is 2.99. The lowest BCUT2D eigenvalue weighted by molar-refractivity contribution is 0.171. The van der Waals surface area contributed by atoms with Crippen LogP contribution in [0.5, 0.6) is 11.5 Å². The van der Waals surface area contributed by atoms with Crippen molar-refractivity contribution in [3.63, 3.8) is 0 Å². The molecule has 24 heavy (non-hydrogen) atoms. The number of amides is 2. The molecule has 2 amide bonds. The standard InChI is InChI=1S/C18H22N2O3S/c1-13-6-10-24-17(13)12-20(2)18(21)19-7-5-14-3-4-15-16(11-14)23-9-8-22-15/h3-4,6,10-11H,5,7-9,12H2,1-2H3,(H,19,21).